The Balaban J connectivity index is 1.14. The molecule has 0 N–H and O–H groups in total. The quantitative estimate of drug-likeness (QED) is 0.168. The molecule has 2 aromatic heterocycles. The standard InChI is InChI=1S/C60H41N3/c1-38-31-44(37-61-36-38)47-23-7-6-22-46(47)41-19-16-20-42(33-41)52-34-43(59-62-39(2)32-57(63-59)50-26-9-8-21-45(50)40-17-4-3-5-18-40)35-56-58(52)51-27-12-15-30-55(51)60(56)53-28-13-10-24-48(53)49-25-11-14-29-54(49)60/h3-37H,1-2H3. The molecule has 2 aliphatic carbocycles. The van der Waals surface area contributed by atoms with E-state index in [-0.39, 0.29) is 0 Å². The number of rotatable bonds is 6. The predicted octanol–water partition coefficient (Wildman–Crippen LogP) is 14.8. The van der Waals surface area contributed by atoms with Gasteiger partial charge in [0.15, 0.2) is 5.82 Å². The fourth-order valence-corrected chi connectivity index (χ4v) is 10.5. The van der Waals surface area contributed by atoms with Gasteiger partial charge in [0.25, 0.3) is 0 Å². The van der Waals surface area contributed by atoms with E-state index in [9.17, 15) is 0 Å². The van der Waals surface area contributed by atoms with E-state index >= 15 is 0 Å². The second-order valence-corrected chi connectivity index (χ2v) is 16.8. The third-order valence-electron chi connectivity index (χ3n) is 13.1. The first-order valence-corrected chi connectivity index (χ1v) is 21.7. The highest BCUT2D eigenvalue weighted by molar-refractivity contribution is 6.02. The Hall–Kier alpha value is -8.01. The molecule has 0 saturated carbocycles. The monoisotopic (exact) mass is 803 g/mol. The fourth-order valence-electron chi connectivity index (χ4n) is 10.5. The van der Waals surface area contributed by atoms with Gasteiger partial charge in [-0.05, 0) is 133 Å². The van der Waals surface area contributed by atoms with Crippen LogP contribution in [-0.4, -0.2) is 15.0 Å². The average Bonchev–Trinajstić information content (AvgIpc) is 3.81. The molecule has 2 aliphatic rings. The number of aromatic nitrogens is 3. The van der Waals surface area contributed by atoms with Gasteiger partial charge in [-0.15, -0.1) is 0 Å². The van der Waals surface area contributed by atoms with Crippen molar-refractivity contribution in [3.63, 3.8) is 0 Å². The highest BCUT2D eigenvalue weighted by Gasteiger charge is 2.52. The molecule has 3 nitrogen and oxygen atoms in total. The number of aryl methyl sites for hydroxylation is 2. The molecule has 0 unspecified atom stereocenters. The van der Waals surface area contributed by atoms with E-state index in [2.05, 4.69) is 219 Å². The topological polar surface area (TPSA) is 38.7 Å². The Kier molecular flexibility index (Phi) is 8.52. The van der Waals surface area contributed by atoms with Crippen molar-refractivity contribution in [1.82, 2.24) is 15.0 Å². The SMILES string of the molecule is Cc1cncc(-c2ccccc2-c2cccc(-c3cc(-c4nc(C)cc(-c5ccccc5-c5ccccc5)n4)cc4c3-c3ccccc3C43c4ccccc4-c4ccccc43)c2)c1. The van der Waals surface area contributed by atoms with Crippen molar-refractivity contribution in [3.8, 4) is 89.4 Å². The van der Waals surface area contributed by atoms with E-state index in [1.54, 1.807) is 0 Å². The zero-order chi connectivity index (χ0) is 42.1. The molecule has 63 heavy (non-hydrogen) atoms. The lowest BCUT2D eigenvalue weighted by atomic mass is 9.70. The summed E-state index contributed by atoms with van der Waals surface area (Å²) in [5, 5.41) is 0. The van der Waals surface area contributed by atoms with Crippen LogP contribution in [0.4, 0.5) is 0 Å². The second-order valence-electron chi connectivity index (χ2n) is 16.8. The molecular formula is C60H41N3. The fraction of sp³-hybridized carbons (Fsp3) is 0.0500. The Morgan fingerprint density at radius 2 is 0.857 bits per heavy atom. The van der Waals surface area contributed by atoms with E-state index in [1.807, 2.05) is 12.4 Å². The van der Waals surface area contributed by atoms with E-state index in [1.165, 1.54) is 50.1 Å². The van der Waals surface area contributed by atoms with Crippen molar-refractivity contribution in [2.24, 2.45) is 0 Å². The molecule has 0 atom stereocenters. The van der Waals surface area contributed by atoms with Gasteiger partial charge in [-0.2, -0.15) is 0 Å². The molecule has 0 bridgehead atoms. The summed E-state index contributed by atoms with van der Waals surface area (Å²) in [7, 11) is 0. The summed E-state index contributed by atoms with van der Waals surface area (Å²) in [6.45, 7) is 4.18. The molecular weight excluding hydrogens is 763 g/mol. The van der Waals surface area contributed by atoms with Gasteiger partial charge >= 0.3 is 0 Å². The van der Waals surface area contributed by atoms with E-state index in [0.717, 1.165) is 67.0 Å². The third kappa shape index (κ3) is 5.77. The van der Waals surface area contributed by atoms with Crippen molar-refractivity contribution < 1.29 is 0 Å². The highest BCUT2D eigenvalue weighted by Crippen LogP contribution is 2.64. The molecule has 2 heterocycles. The Morgan fingerprint density at radius 1 is 0.333 bits per heavy atom. The van der Waals surface area contributed by atoms with Crippen molar-refractivity contribution >= 4 is 0 Å². The molecule has 0 saturated heterocycles. The lowest BCUT2D eigenvalue weighted by Crippen LogP contribution is -2.26. The van der Waals surface area contributed by atoms with Crippen LogP contribution in [0.5, 0.6) is 0 Å². The molecule has 0 aliphatic heterocycles. The molecule has 10 aromatic rings. The maximum Gasteiger partial charge on any atom is 0.160 e. The van der Waals surface area contributed by atoms with Crippen molar-refractivity contribution in [3.05, 3.63) is 246 Å². The second kappa shape index (κ2) is 14.6. The number of hydrogen-bond acceptors (Lipinski definition) is 3. The zero-order valence-electron chi connectivity index (χ0n) is 35.0. The maximum absolute atomic E-state index is 5.47. The van der Waals surface area contributed by atoms with Gasteiger partial charge < -0.3 is 0 Å². The van der Waals surface area contributed by atoms with E-state index in [0.29, 0.717) is 5.82 Å². The number of nitrogens with zero attached hydrogens (tertiary/aromatic N) is 3. The summed E-state index contributed by atoms with van der Waals surface area (Å²) >= 11 is 0. The summed E-state index contributed by atoms with van der Waals surface area (Å²) in [5.74, 6) is 0.705. The van der Waals surface area contributed by atoms with Crippen LogP contribution in [0.15, 0.2) is 213 Å². The van der Waals surface area contributed by atoms with Gasteiger partial charge in [0.2, 0.25) is 0 Å². The minimum atomic E-state index is -0.543. The molecule has 296 valence electrons. The summed E-state index contributed by atoms with van der Waals surface area (Å²) in [5.41, 5.74) is 23.8. The number of hydrogen-bond donors (Lipinski definition) is 0. The Bertz CT molecular complexity index is 3390. The molecule has 0 amide bonds. The Labute approximate surface area is 368 Å². The van der Waals surface area contributed by atoms with Crippen molar-refractivity contribution in [2.75, 3.05) is 0 Å². The summed E-state index contributed by atoms with van der Waals surface area (Å²) in [4.78, 5) is 15.3. The molecule has 0 fully saturated rings. The summed E-state index contributed by atoms with van der Waals surface area (Å²) in [6.07, 6.45) is 3.88. The van der Waals surface area contributed by atoms with Crippen molar-refractivity contribution in [2.45, 2.75) is 19.3 Å². The molecule has 8 aromatic carbocycles. The van der Waals surface area contributed by atoms with Crippen LogP contribution in [-0.2, 0) is 5.41 Å². The molecule has 1 spiro atoms. The highest BCUT2D eigenvalue weighted by atomic mass is 14.9. The Morgan fingerprint density at radius 3 is 1.52 bits per heavy atom. The largest absolute Gasteiger partial charge is 0.264 e. The van der Waals surface area contributed by atoms with Gasteiger partial charge in [-0.1, -0.05) is 170 Å². The summed E-state index contributed by atoms with van der Waals surface area (Å²) in [6, 6.07) is 73.0. The minimum Gasteiger partial charge on any atom is -0.264 e. The van der Waals surface area contributed by atoms with Crippen LogP contribution in [0.3, 0.4) is 0 Å². The first kappa shape index (κ1) is 36.8. The number of benzene rings is 8. The van der Waals surface area contributed by atoms with Crippen molar-refractivity contribution in [1.29, 1.82) is 0 Å². The van der Waals surface area contributed by atoms with E-state index < -0.39 is 5.41 Å². The van der Waals surface area contributed by atoms with Gasteiger partial charge in [-0.3, -0.25) is 4.98 Å². The van der Waals surface area contributed by atoms with Gasteiger partial charge in [0, 0.05) is 34.8 Å². The molecule has 3 heteroatoms. The van der Waals surface area contributed by atoms with Crippen LogP contribution < -0.4 is 0 Å². The minimum absolute atomic E-state index is 0.543. The zero-order valence-corrected chi connectivity index (χ0v) is 35.0. The first-order valence-electron chi connectivity index (χ1n) is 21.7. The smallest absolute Gasteiger partial charge is 0.160 e. The van der Waals surface area contributed by atoms with E-state index in [4.69, 9.17) is 9.97 Å². The van der Waals surface area contributed by atoms with Crippen LogP contribution in [0.2, 0.25) is 0 Å². The first-order chi connectivity index (χ1) is 31.1. The van der Waals surface area contributed by atoms with Gasteiger partial charge in [0.05, 0.1) is 11.1 Å². The maximum atomic E-state index is 5.47. The number of fused-ring (bicyclic) bond motifs is 10. The van der Waals surface area contributed by atoms with Crippen LogP contribution >= 0.6 is 0 Å². The van der Waals surface area contributed by atoms with Crippen LogP contribution in [0, 0.1) is 13.8 Å². The normalized spacial score (nSPS) is 12.7. The predicted molar refractivity (Wildman–Crippen MR) is 258 cm³/mol. The van der Waals surface area contributed by atoms with Gasteiger partial charge in [-0.25, -0.2) is 9.97 Å². The lowest BCUT2D eigenvalue weighted by Gasteiger charge is -2.31. The summed E-state index contributed by atoms with van der Waals surface area (Å²) < 4.78 is 0. The van der Waals surface area contributed by atoms with Gasteiger partial charge in [0.1, 0.15) is 0 Å². The molecule has 12 rings (SSSR count). The van der Waals surface area contributed by atoms with Crippen LogP contribution in [0.25, 0.3) is 89.4 Å². The average molecular weight is 804 g/mol. The van der Waals surface area contributed by atoms with Crippen LogP contribution in [0.1, 0.15) is 33.5 Å². The lowest BCUT2D eigenvalue weighted by molar-refractivity contribution is 0.794. The third-order valence-corrected chi connectivity index (χ3v) is 13.1. The number of pyridine rings is 1. The molecule has 0 radical (unpaired) electrons.